The van der Waals surface area contributed by atoms with E-state index in [1.807, 2.05) is 37.3 Å². The van der Waals surface area contributed by atoms with Crippen molar-refractivity contribution < 1.29 is 14.7 Å². The fourth-order valence-corrected chi connectivity index (χ4v) is 1.49. The van der Waals surface area contributed by atoms with Crippen molar-refractivity contribution in [1.29, 1.82) is 0 Å². The Morgan fingerprint density at radius 1 is 1.47 bits per heavy atom. The van der Waals surface area contributed by atoms with E-state index < -0.39 is 12.6 Å². The lowest BCUT2D eigenvalue weighted by atomic mass is 10.1. The molecule has 0 spiro atoms. The van der Waals surface area contributed by atoms with Crippen LogP contribution in [-0.2, 0) is 9.63 Å². The maximum absolute atomic E-state index is 10.3. The molecule has 0 aliphatic carbocycles. The molecule has 0 atom stereocenters. The molecule has 0 amide bonds. The summed E-state index contributed by atoms with van der Waals surface area (Å²) in [6.07, 6.45) is 0. The lowest BCUT2D eigenvalue weighted by Crippen LogP contribution is -2.12. The van der Waals surface area contributed by atoms with E-state index in [4.69, 9.17) is 9.94 Å². The van der Waals surface area contributed by atoms with Crippen LogP contribution in [-0.4, -0.2) is 22.7 Å². The summed E-state index contributed by atoms with van der Waals surface area (Å²) in [4.78, 5) is 19.4. The predicted molar refractivity (Wildman–Crippen MR) is 63.7 cm³/mol. The summed E-state index contributed by atoms with van der Waals surface area (Å²) in [5.74, 6) is -0.499. The van der Waals surface area contributed by atoms with Gasteiger partial charge >= 0.3 is 5.97 Å². The van der Waals surface area contributed by atoms with E-state index >= 15 is 0 Å². The molecule has 88 valence electrons. The van der Waals surface area contributed by atoms with Gasteiger partial charge in [-0.1, -0.05) is 18.2 Å². The molecule has 2 rings (SSSR count). The van der Waals surface area contributed by atoms with E-state index in [1.165, 1.54) is 0 Å². The summed E-state index contributed by atoms with van der Waals surface area (Å²) in [6, 6.07) is 9.66. The van der Waals surface area contributed by atoms with Crippen LogP contribution in [0.1, 0.15) is 5.56 Å². The van der Waals surface area contributed by atoms with Crippen molar-refractivity contribution in [3.05, 3.63) is 35.9 Å². The van der Waals surface area contributed by atoms with Crippen molar-refractivity contribution in [3.8, 4) is 0 Å². The summed E-state index contributed by atoms with van der Waals surface area (Å²) < 4.78 is 0. The number of anilines is 1. The Morgan fingerprint density at radius 3 is 3.00 bits per heavy atom. The van der Waals surface area contributed by atoms with Crippen LogP contribution in [0.25, 0.3) is 10.9 Å². The molecule has 0 saturated heterocycles. The number of nitrogens with zero attached hydrogens (tertiary/aromatic N) is 1. The van der Waals surface area contributed by atoms with Crippen molar-refractivity contribution in [2.24, 2.45) is 0 Å². The first kappa shape index (κ1) is 11.3. The molecule has 2 aromatic rings. The number of benzene rings is 1. The van der Waals surface area contributed by atoms with E-state index in [2.05, 4.69) is 10.5 Å². The molecule has 0 unspecified atom stereocenters. The molecule has 0 aliphatic heterocycles. The first-order valence-electron chi connectivity index (χ1n) is 5.13. The highest BCUT2D eigenvalue weighted by Gasteiger charge is 2.04. The van der Waals surface area contributed by atoms with Gasteiger partial charge < -0.3 is 5.11 Å². The van der Waals surface area contributed by atoms with E-state index in [0.29, 0.717) is 5.82 Å². The third kappa shape index (κ3) is 2.70. The number of para-hydroxylation sites is 1. The minimum absolute atomic E-state index is 0.409. The van der Waals surface area contributed by atoms with Gasteiger partial charge in [-0.2, -0.15) is 0 Å². The van der Waals surface area contributed by atoms with Crippen LogP contribution in [0.15, 0.2) is 30.3 Å². The Labute approximate surface area is 98.0 Å². The molecule has 17 heavy (non-hydrogen) atoms. The van der Waals surface area contributed by atoms with Gasteiger partial charge in [0.25, 0.3) is 0 Å². The number of pyridine rings is 1. The average molecular weight is 232 g/mol. The van der Waals surface area contributed by atoms with Crippen LogP contribution in [0.5, 0.6) is 0 Å². The SMILES string of the molecule is Cc1cc2ccccc2nc1NOCC(=O)O. The van der Waals surface area contributed by atoms with Gasteiger partial charge in [-0.25, -0.2) is 15.3 Å². The van der Waals surface area contributed by atoms with Gasteiger partial charge in [-0.05, 0) is 24.6 Å². The standard InChI is InChI=1S/C12H12N2O3/c1-8-6-9-4-2-3-5-10(9)13-12(8)14-17-7-11(15)16/h2-6H,7H2,1H3,(H,13,14)(H,15,16). The molecule has 0 bridgehead atoms. The number of aliphatic carboxylic acids is 1. The number of nitrogens with one attached hydrogen (secondary N) is 1. The van der Waals surface area contributed by atoms with Gasteiger partial charge in [0.05, 0.1) is 5.52 Å². The topological polar surface area (TPSA) is 71.5 Å². The number of rotatable bonds is 4. The summed E-state index contributed by atoms with van der Waals surface area (Å²) in [7, 11) is 0. The van der Waals surface area contributed by atoms with Crippen LogP contribution in [0.2, 0.25) is 0 Å². The molecule has 2 N–H and O–H groups in total. The summed E-state index contributed by atoms with van der Waals surface area (Å²) in [5, 5.41) is 9.48. The number of fused-ring (bicyclic) bond motifs is 1. The maximum Gasteiger partial charge on any atom is 0.332 e. The smallest absolute Gasteiger partial charge is 0.332 e. The van der Waals surface area contributed by atoms with Crippen LogP contribution in [0.3, 0.4) is 0 Å². The molecule has 5 heteroatoms. The van der Waals surface area contributed by atoms with Gasteiger partial charge in [-0.15, -0.1) is 0 Å². The van der Waals surface area contributed by atoms with Crippen LogP contribution in [0.4, 0.5) is 5.82 Å². The van der Waals surface area contributed by atoms with Crippen molar-refractivity contribution in [2.45, 2.75) is 6.92 Å². The minimum Gasteiger partial charge on any atom is -0.479 e. The Hall–Kier alpha value is -2.14. The lowest BCUT2D eigenvalue weighted by molar-refractivity contribution is -0.141. The van der Waals surface area contributed by atoms with Crippen LogP contribution >= 0.6 is 0 Å². The first-order valence-corrected chi connectivity index (χ1v) is 5.13. The van der Waals surface area contributed by atoms with Crippen LogP contribution < -0.4 is 5.48 Å². The average Bonchev–Trinajstić information content (AvgIpc) is 2.29. The van der Waals surface area contributed by atoms with E-state index in [0.717, 1.165) is 16.5 Å². The zero-order chi connectivity index (χ0) is 12.3. The van der Waals surface area contributed by atoms with Gasteiger partial charge in [0.1, 0.15) is 0 Å². The molecule has 1 aromatic heterocycles. The van der Waals surface area contributed by atoms with E-state index in [-0.39, 0.29) is 0 Å². The second kappa shape index (κ2) is 4.80. The van der Waals surface area contributed by atoms with Crippen molar-refractivity contribution >= 4 is 22.7 Å². The molecular formula is C12H12N2O3. The number of hydrogen-bond donors (Lipinski definition) is 2. The zero-order valence-electron chi connectivity index (χ0n) is 9.30. The number of aryl methyl sites for hydroxylation is 1. The third-order valence-corrected chi connectivity index (χ3v) is 2.28. The molecule has 1 heterocycles. The fourth-order valence-electron chi connectivity index (χ4n) is 1.49. The largest absolute Gasteiger partial charge is 0.479 e. The lowest BCUT2D eigenvalue weighted by Gasteiger charge is -2.08. The first-order chi connectivity index (χ1) is 8.16. The Kier molecular flexibility index (Phi) is 3.20. The molecule has 5 nitrogen and oxygen atoms in total. The summed E-state index contributed by atoms with van der Waals surface area (Å²) >= 11 is 0. The summed E-state index contributed by atoms with van der Waals surface area (Å²) in [6.45, 7) is 1.47. The fraction of sp³-hybridized carbons (Fsp3) is 0.167. The highest BCUT2D eigenvalue weighted by Crippen LogP contribution is 2.19. The van der Waals surface area contributed by atoms with Gasteiger partial charge in [0, 0.05) is 5.39 Å². The normalized spacial score (nSPS) is 10.4. The highest BCUT2D eigenvalue weighted by molar-refractivity contribution is 5.81. The molecule has 0 radical (unpaired) electrons. The quantitative estimate of drug-likeness (QED) is 0.788. The number of carboxylic acids is 1. The van der Waals surface area contributed by atoms with E-state index in [9.17, 15) is 4.79 Å². The Morgan fingerprint density at radius 2 is 2.24 bits per heavy atom. The number of aromatic nitrogens is 1. The second-order valence-electron chi connectivity index (χ2n) is 3.63. The molecule has 0 saturated carbocycles. The maximum atomic E-state index is 10.3. The number of hydrogen-bond acceptors (Lipinski definition) is 4. The number of carbonyl (C=O) groups is 1. The van der Waals surface area contributed by atoms with Crippen molar-refractivity contribution in [1.82, 2.24) is 4.98 Å². The Bertz CT molecular complexity index is 554. The number of carboxylic acid groups (broad SMARTS) is 1. The van der Waals surface area contributed by atoms with Crippen molar-refractivity contribution in [3.63, 3.8) is 0 Å². The predicted octanol–water partition coefficient (Wildman–Crippen LogP) is 1.97. The van der Waals surface area contributed by atoms with Gasteiger partial charge in [-0.3, -0.25) is 4.84 Å². The van der Waals surface area contributed by atoms with Crippen molar-refractivity contribution in [2.75, 3.05) is 12.1 Å². The molecular weight excluding hydrogens is 220 g/mol. The molecule has 0 aliphatic rings. The second-order valence-corrected chi connectivity index (χ2v) is 3.63. The monoisotopic (exact) mass is 232 g/mol. The van der Waals surface area contributed by atoms with E-state index in [1.54, 1.807) is 0 Å². The van der Waals surface area contributed by atoms with Crippen LogP contribution in [0, 0.1) is 6.92 Å². The zero-order valence-corrected chi connectivity index (χ0v) is 9.30. The molecule has 1 aromatic carbocycles. The highest BCUT2D eigenvalue weighted by atomic mass is 16.7. The molecule has 0 fully saturated rings. The van der Waals surface area contributed by atoms with Gasteiger partial charge in [0.15, 0.2) is 12.4 Å². The third-order valence-electron chi connectivity index (χ3n) is 2.28. The Balaban J connectivity index is 2.22. The summed E-state index contributed by atoms with van der Waals surface area (Å²) in [5.41, 5.74) is 4.27. The van der Waals surface area contributed by atoms with Gasteiger partial charge in [0.2, 0.25) is 0 Å². The minimum atomic E-state index is -1.03.